The number of alkyl halides is 3. The number of rotatable bonds is 4. The maximum absolute atomic E-state index is 13.8. The van der Waals surface area contributed by atoms with Gasteiger partial charge in [-0.1, -0.05) is 11.6 Å². The molecular formula is C23H20ClF4N3O. The molecule has 9 heteroatoms. The maximum Gasteiger partial charge on any atom is 0.433 e. The van der Waals surface area contributed by atoms with Gasteiger partial charge in [-0.05, 0) is 74.2 Å². The van der Waals surface area contributed by atoms with Crippen LogP contribution in [-0.2, 0) is 6.18 Å². The lowest BCUT2D eigenvalue weighted by Gasteiger charge is -2.31. The Morgan fingerprint density at radius 3 is 2.47 bits per heavy atom. The second kappa shape index (κ2) is 8.94. The number of fused-ring (bicyclic) bond motifs is 1. The summed E-state index contributed by atoms with van der Waals surface area (Å²) in [5, 5.41) is 6.93. The highest BCUT2D eigenvalue weighted by Crippen LogP contribution is 2.34. The predicted octanol–water partition coefficient (Wildman–Crippen LogP) is 6.20. The number of halogens is 5. The average molecular weight is 466 g/mol. The summed E-state index contributed by atoms with van der Waals surface area (Å²) in [5.74, 6) is -0.790. The molecule has 0 saturated heterocycles. The van der Waals surface area contributed by atoms with Crippen molar-refractivity contribution in [2.45, 2.75) is 43.9 Å². The van der Waals surface area contributed by atoms with Gasteiger partial charge in [-0.3, -0.25) is 4.79 Å². The Labute approximate surface area is 187 Å². The van der Waals surface area contributed by atoms with Crippen molar-refractivity contribution < 1.29 is 22.4 Å². The first-order valence-corrected chi connectivity index (χ1v) is 10.6. The zero-order chi connectivity index (χ0) is 22.9. The van der Waals surface area contributed by atoms with E-state index >= 15 is 0 Å². The summed E-state index contributed by atoms with van der Waals surface area (Å²) in [6.45, 7) is 0. The second-order valence-corrected chi connectivity index (χ2v) is 8.34. The van der Waals surface area contributed by atoms with Crippen LogP contribution in [0.25, 0.3) is 10.9 Å². The molecule has 1 saturated carbocycles. The molecule has 0 spiro atoms. The van der Waals surface area contributed by atoms with Crippen LogP contribution in [0.5, 0.6) is 0 Å². The first-order valence-electron chi connectivity index (χ1n) is 10.2. The van der Waals surface area contributed by atoms with Gasteiger partial charge in [-0.15, -0.1) is 0 Å². The van der Waals surface area contributed by atoms with Crippen LogP contribution >= 0.6 is 11.6 Å². The zero-order valence-electron chi connectivity index (χ0n) is 16.8. The van der Waals surface area contributed by atoms with Gasteiger partial charge in [0.25, 0.3) is 5.91 Å². The normalized spacial score (nSPS) is 19.0. The summed E-state index contributed by atoms with van der Waals surface area (Å²) < 4.78 is 53.8. The molecule has 3 aromatic rings. The lowest BCUT2D eigenvalue weighted by Crippen LogP contribution is -2.41. The second-order valence-electron chi connectivity index (χ2n) is 7.90. The minimum Gasteiger partial charge on any atom is -0.382 e. The topological polar surface area (TPSA) is 54.0 Å². The molecular weight excluding hydrogens is 446 g/mol. The molecule has 4 nitrogen and oxygen atoms in total. The van der Waals surface area contributed by atoms with Crippen LogP contribution in [-0.4, -0.2) is 23.0 Å². The van der Waals surface area contributed by atoms with E-state index in [9.17, 15) is 22.4 Å². The van der Waals surface area contributed by atoms with Crippen molar-refractivity contribution in [3.8, 4) is 0 Å². The van der Waals surface area contributed by atoms with E-state index < -0.39 is 17.7 Å². The fourth-order valence-electron chi connectivity index (χ4n) is 4.00. The van der Waals surface area contributed by atoms with E-state index in [1.807, 2.05) is 0 Å². The van der Waals surface area contributed by atoms with Gasteiger partial charge in [-0.25, -0.2) is 9.37 Å². The zero-order valence-corrected chi connectivity index (χ0v) is 17.6. The van der Waals surface area contributed by atoms with Gasteiger partial charge in [0.05, 0.1) is 5.52 Å². The minimum atomic E-state index is -4.62. The van der Waals surface area contributed by atoms with Crippen LogP contribution in [0.3, 0.4) is 0 Å². The number of pyridine rings is 1. The van der Waals surface area contributed by atoms with Crippen molar-refractivity contribution in [3.63, 3.8) is 0 Å². The summed E-state index contributed by atoms with van der Waals surface area (Å²) in [6.07, 6.45) is -1.84. The van der Waals surface area contributed by atoms with Crippen molar-refractivity contribution >= 4 is 34.1 Å². The molecule has 1 amide bonds. The molecule has 4 rings (SSSR count). The van der Waals surface area contributed by atoms with Crippen molar-refractivity contribution in [2.24, 2.45) is 0 Å². The minimum absolute atomic E-state index is 0.0622. The standard InChI is InChI=1S/C23H20ClF4N3O/c24-14-6-4-13(5-7-14)22(32)30-17-3-1-2-16(11-17)29-20-12-21(23(26,27)28)31-19-9-8-15(25)10-18(19)20/h4-10,12,16-17H,1-3,11H2,(H,29,31)(H,30,32)/t16-,17+/m0/s1. The van der Waals surface area contributed by atoms with Gasteiger partial charge in [0, 0.05) is 33.7 Å². The Morgan fingerprint density at radius 2 is 1.75 bits per heavy atom. The Kier molecular flexibility index (Phi) is 6.24. The third-order valence-electron chi connectivity index (χ3n) is 5.54. The van der Waals surface area contributed by atoms with Crippen LogP contribution < -0.4 is 10.6 Å². The largest absolute Gasteiger partial charge is 0.433 e. The highest BCUT2D eigenvalue weighted by atomic mass is 35.5. The first-order chi connectivity index (χ1) is 15.2. The van der Waals surface area contributed by atoms with E-state index in [1.165, 1.54) is 12.1 Å². The molecule has 1 heterocycles. The number of hydrogen-bond donors (Lipinski definition) is 2. The number of carbonyl (C=O) groups excluding carboxylic acids is 1. The molecule has 0 unspecified atom stereocenters. The molecule has 168 valence electrons. The number of amides is 1. The van der Waals surface area contributed by atoms with Crippen LogP contribution in [0.2, 0.25) is 5.02 Å². The molecule has 2 N–H and O–H groups in total. The van der Waals surface area contributed by atoms with Crippen molar-refractivity contribution in [3.05, 3.63) is 70.6 Å². The van der Waals surface area contributed by atoms with E-state index in [4.69, 9.17) is 11.6 Å². The SMILES string of the molecule is O=C(N[C@@H]1CCC[C@H](Nc2cc(C(F)(F)F)nc3ccc(F)cc23)C1)c1ccc(Cl)cc1. The highest BCUT2D eigenvalue weighted by Gasteiger charge is 2.34. The summed E-state index contributed by atoms with van der Waals surface area (Å²) in [5.41, 5.74) is -0.318. The number of aromatic nitrogens is 1. The Morgan fingerprint density at radius 1 is 1.03 bits per heavy atom. The van der Waals surface area contributed by atoms with Gasteiger partial charge in [0.1, 0.15) is 11.5 Å². The fourth-order valence-corrected chi connectivity index (χ4v) is 4.13. The monoisotopic (exact) mass is 465 g/mol. The lowest BCUT2D eigenvalue weighted by atomic mass is 9.90. The van der Waals surface area contributed by atoms with Crippen LogP contribution in [0.15, 0.2) is 48.5 Å². The molecule has 1 aliphatic rings. The van der Waals surface area contributed by atoms with Gasteiger partial charge in [0.2, 0.25) is 0 Å². The van der Waals surface area contributed by atoms with E-state index in [0.29, 0.717) is 23.4 Å². The fraction of sp³-hybridized carbons (Fsp3) is 0.304. The molecule has 2 aromatic carbocycles. The van der Waals surface area contributed by atoms with Crippen molar-refractivity contribution in [1.82, 2.24) is 10.3 Å². The Balaban J connectivity index is 1.52. The molecule has 1 aromatic heterocycles. The van der Waals surface area contributed by atoms with E-state index in [0.717, 1.165) is 25.0 Å². The third-order valence-corrected chi connectivity index (χ3v) is 5.79. The number of hydrogen-bond acceptors (Lipinski definition) is 3. The molecule has 0 radical (unpaired) electrons. The van der Waals surface area contributed by atoms with Gasteiger partial charge < -0.3 is 10.6 Å². The van der Waals surface area contributed by atoms with Gasteiger partial charge in [-0.2, -0.15) is 13.2 Å². The van der Waals surface area contributed by atoms with E-state index in [1.54, 1.807) is 24.3 Å². The molecule has 1 aliphatic carbocycles. The number of benzene rings is 2. The van der Waals surface area contributed by atoms with Crippen molar-refractivity contribution in [1.29, 1.82) is 0 Å². The Bertz CT molecular complexity index is 1130. The number of nitrogens with one attached hydrogen (secondary N) is 2. The van der Waals surface area contributed by atoms with Gasteiger partial charge in [0.15, 0.2) is 0 Å². The van der Waals surface area contributed by atoms with Crippen LogP contribution in [0, 0.1) is 5.82 Å². The molecule has 0 bridgehead atoms. The molecule has 0 aliphatic heterocycles. The number of nitrogens with zero attached hydrogens (tertiary/aromatic N) is 1. The summed E-state index contributed by atoms with van der Waals surface area (Å²) >= 11 is 5.86. The smallest absolute Gasteiger partial charge is 0.382 e. The van der Waals surface area contributed by atoms with Crippen LogP contribution in [0.1, 0.15) is 41.7 Å². The molecule has 1 fully saturated rings. The number of anilines is 1. The predicted molar refractivity (Wildman–Crippen MR) is 115 cm³/mol. The third kappa shape index (κ3) is 5.12. The lowest BCUT2D eigenvalue weighted by molar-refractivity contribution is -0.140. The average Bonchev–Trinajstić information content (AvgIpc) is 2.74. The summed E-state index contributed by atoms with van der Waals surface area (Å²) in [6, 6.07) is 10.6. The van der Waals surface area contributed by atoms with Gasteiger partial charge >= 0.3 is 6.18 Å². The first kappa shape index (κ1) is 22.3. The summed E-state index contributed by atoms with van der Waals surface area (Å²) in [7, 11) is 0. The summed E-state index contributed by atoms with van der Waals surface area (Å²) in [4.78, 5) is 16.1. The van der Waals surface area contributed by atoms with E-state index in [2.05, 4.69) is 15.6 Å². The quantitative estimate of drug-likeness (QED) is 0.451. The molecule has 32 heavy (non-hydrogen) atoms. The Hall–Kier alpha value is -2.87. The highest BCUT2D eigenvalue weighted by molar-refractivity contribution is 6.30. The maximum atomic E-state index is 13.8. The van der Waals surface area contributed by atoms with Crippen molar-refractivity contribution in [2.75, 3.05) is 5.32 Å². The van der Waals surface area contributed by atoms with Crippen LogP contribution in [0.4, 0.5) is 23.2 Å². The molecule has 2 atom stereocenters. The number of carbonyl (C=O) groups is 1. The van der Waals surface area contributed by atoms with E-state index in [-0.39, 0.29) is 34.6 Å².